The SMILES string of the molecule is CCOC(=O)CC(OP(=O)(NCCCl)NCCCl)c1ccc(OC(=O)c2ccc(N=C(N)N)cc2)cc1. The molecule has 37 heavy (non-hydrogen) atoms. The van der Waals surface area contributed by atoms with Crippen LogP contribution < -0.4 is 26.4 Å². The van der Waals surface area contributed by atoms with Crippen molar-refractivity contribution in [2.75, 3.05) is 31.5 Å². The highest BCUT2D eigenvalue weighted by molar-refractivity contribution is 7.54. The zero-order valence-corrected chi connectivity index (χ0v) is 22.6. The van der Waals surface area contributed by atoms with E-state index in [1.54, 1.807) is 31.2 Å². The van der Waals surface area contributed by atoms with Gasteiger partial charge in [-0.05, 0) is 48.9 Å². The first-order valence-electron chi connectivity index (χ1n) is 11.3. The number of carbonyl (C=O) groups is 2. The molecule has 0 heterocycles. The molecular formula is C23H30Cl2N5O6P. The van der Waals surface area contributed by atoms with Gasteiger partial charge in [0.15, 0.2) is 5.96 Å². The normalized spacial score (nSPS) is 12.0. The summed E-state index contributed by atoms with van der Waals surface area (Å²) in [5.74, 6) is -0.593. The predicted molar refractivity (Wildman–Crippen MR) is 143 cm³/mol. The molecule has 2 aromatic carbocycles. The number of guanidine groups is 1. The maximum absolute atomic E-state index is 13.3. The Labute approximate surface area is 225 Å². The van der Waals surface area contributed by atoms with Crippen LogP contribution in [0.5, 0.6) is 5.75 Å². The lowest BCUT2D eigenvalue weighted by molar-refractivity contribution is -0.145. The lowest BCUT2D eigenvalue weighted by Gasteiger charge is -2.26. The third kappa shape index (κ3) is 10.7. The molecule has 0 fully saturated rings. The predicted octanol–water partition coefficient (Wildman–Crippen LogP) is 3.59. The molecule has 1 atom stereocenters. The van der Waals surface area contributed by atoms with Gasteiger partial charge in [0.1, 0.15) is 11.9 Å². The van der Waals surface area contributed by atoms with Crippen LogP contribution in [0.1, 0.15) is 35.4 Å². The summed E-state index contributed by atoms with van der Waals surface area (Å²) in [6.45, 7) is 2.25. The summed E-state index contributed by atoms with van der Waals surface area (Å²) < 4.78 is 29.6. The second-order valence-electron chi connectivity index (χ2n) is 7.39. The lowest BCUT2D eigenvalue weighted by Crippen LogP contribution is -2.28. The van der Waals surface area contributed by atoms with Crippen molar-refractivity contribution in [1.29, 1.82) is 0 Å². The van der Waals surface area contributed by atoms with E-state index < -0.39 is 25.7 Å². The van der Waals surface area contributed by atoms with E-state index in [9.17, 15) is 14.2 Å². The molecule has 202 valence electrons. The summed E-state index contributed by atoms with van der Waals surface area (Å²) >= 11 is 11.5. The highest BCUT2D eigenvalue weighted by Crippen LogP contribution is 2.44. The van der Waals surface area contributed by atoms with Gasteiger partial charge in [-0.3, -0.25) is 13.9 Å². The summed E-state index contributed by atoms with van der Waals surface area (Å²) in [7, 11) is -3.62. The average molecular weight is 574 g/mol. The minimum absolute atomic E-state index is 0.0957. The van der Waals surface area contributed by atoms with Crippen molar-refractivity contribution in [2.45, 2.75) is 19.4 Å². The van der Waals surface area contributed by atoms with Crippen LogP contribution >= 0.6 is 30.9 Å². The van der Waals surface area contributed by atoms with Crippen LogP contribution in [-0.4, -0.2) is 49.4 Å². The van der Waals surface area contributed by atoms with E-state index in [-0.39, 0.29) is 49.6 Å². The van der Waals surface area contributed by atoms with Gasteiger partial charge in [-0.25, -0.2) is 20.0 Å². The summed E-state index contributed by atoms with van der Waals surface area (Å²) in [6, 6.07) is 12.5. The van der Waals surface area contributed by atoms with Crippen molar-refractivity contribution in [1.82, 2.24) is 10.2 Å². The average Bonchev–Trinajstić information content (AvgIpc) is 2.86. The molecule has 0 aliphatic heterocycles. The smallest absolute Gasteiger partial charge is 0.343 e. The van der Waals surface area contributed by atoms with Gasteiger partial charge in [0.2, 0.25) is 0 Å². The van der Waals surface area contributed by atoms with E-state index in [1.165, 1.54) is 24.3 Å². The van der Waals surface area contributed by atoms with Gasteiger partial charge in [0.05, 0.1) is 24.3 Å². The molecule has 0 aliphatic carbocycles. The van der Waals surface area contributed by atoms with E-state index in [4.69, 9.17) is 48.7 Å². The molecule has 0 amide bonds. The van der Waals surface area contributed by atoms with Gasteiger partial charge in [0.25, 0.3) is 0 Å². The van der Waals surface area contributed by atoms with Gasteiger partial charge < -0.3 is 20.9 Å². The number of nitrogens with zero attached hydrogens (tertiary/aromatic N) is 1. The molecule has 6 N–H and O–H groups in total. The zero-order valence-electron chi connectivity index (χ0n) is 20.2. The Morgan fingerprint density at radius 2 is 1.59 bits per heavy atom. The molecule has 14 heteroatoms. The number of nitrogens with two attached hydrogens (primary N) is 2. The van der Waals surface area contributed by atoms with Crippen LogP contribution in [0.4, 0.5) is 5.69 Å². The quantitative estimate of drug-likeness (QED) is 0.0616. The van der Waals surface area contributed by atoms with E-state index in [0.29, 0.717) is 16.8 Å². The van der Waals surface area contributed by atoms with Crippen molar-refractivity contribution in [2.24, 2.45) is 16.5 Å². The first kappa shape index (κ1) is 30.6. The number of ether oxygens (including phenoxy) is 2. The summed E-state index contributed by atoms with van der Waals surface area (Å²) in [5, 5.41) is 5.49. The fourth-order valence-electron chi connectivity index (χ4n) is 3.01. The van der Waals surface area contributed by atoms with Crippen LogP contribution in [-0.2, 0) is 18.6 Å². The monoisotopic (exact) mass is 573 g/mol. The van der Waals surface area contributed by atoms with Crippen LogP contribution in [0, 0.1) is 0 Å². The van der Waals surface area contributed by atoms with Gasteiger partial charge in [0, 0.05) is 24.8 Å². The summed E-state index contributed by atoms with van der Waals surface area (Å²) in [4.78, 5) is 28.6. The first-order chi connectivity index (χ1) is 17.7. The number of esters is 2. The van der Waals surface area contributed by atoms with E-state index >= 15 is 0 Å². The van der Waals surface area contributed by atoms with E-state index in [1.807, 2.05) is 0 Å². The standard InChI is InChI=1S/C23H30Cl2N5O6P/c1-2-34-21(31)15-20(36-37(33,28-13-11-24)29-14-12-25)16-5-9-19(10-6-16)35-22(32)17-3-7-18(8-4-17)30-23(26)27/h3-10,20H,2,11-15H2,1H3,(H4,26,27,30)(H2,28,29,33). The second-order valence-corrected chi connectivity index (χ2v) is 10.1. The minimum Gasteiger partial charge on any atom is -0.466 e. The van der Waals surface area contributed by atoms with Crippen LogP contribution in [0.3, 0.4) is 0 Å². The molecule has 11 nitrogen and oxygen atoms in total. The molecule has 0 aliphatic rings. The van der Waals surface area contributed by atoms with E-state index in [0.717, 1.165) is 0 Å². The number of hydrogen-bond donors (Lipinski definition) is 4. The Balaban J connectivity index is 2.19. The lowest BCUT2D eigenvalue weighted by atomic mass is 10.1. The Bertz CT molecular complexity index is 1090. The summed E-state index contributed by atoms with van der Waals surface area (Å²) in [5.41, 5.74) is 12.0. The molecule has 0 saturated carbocycles. The zero-order chi connectivity index (χ0) is 27.3. The van der Waals surface area contributed by atoms with Gasteiger partial charge in [-0.1, -0.05) is 12.1 Å². The van der Waals surface area contributed by atoms with Crippen molar-refractivity contribution >= 4 is 54.5 Å². The Morgan fingerprint density at radius 1 is 1.00 bits per heavy atom. The second kappa shape index (κ2) is 15.6. The third-order valence-electron chi connectivity index (χ3n) is 4.59. The number of alkyl halides is 2. The molecule has 0 radical (unpaired) electrons. The number of hydrogen-bond acceptors (Lipinski definition) is 7. The molecule has 0 saturated heterocycles. The van der Waals surface area contributed by atoms with Gasteiger partial charge in [-0.2, -0.15) is 0 Å². The number of aliphatic imine (C=N–C) groups is 1. The van der Waals surface area contributed by atoms with Crippen LogP contribution in [0.15, 0.2) is 53.5 Å². The number of halogens is 2. The fourth-order valence-corrected chi connectivity index (χ4v) is 5.09. The number of benzene rings is 2. The first-order valence-corrected chi connectivity index (χ1v) is 14.0. The van der Waals surface area contributed by atoms with Gasteiger partial charge in [-0.15, -0.1) is 23.2 Å². The van der Waals surface area contributed by atoms with Crippen LogP contribution in [0.25, 0.3) is 0 Å². The highest BCUT2D eigenvalue weighted by Gasteiger charge is 2.30. The summed E-state index contributed by atoms with van der Waals surface area (Å²) in [6.07, 6.45) is -1.15. The highest BCUT2D eigenvalue weighted by atomic mass is 35.5. The Kier molecular flexibility index (Phi) is 12.9. The van der Waals surface area contributed by atoms with Crippen LogP contribution in [0.2, 0.25) is 0 Å². The maximum Gasteiger partial charge on any atom is 0.343 e. The van der Waals surface area contributed by atoms with E-state index in [2.05, 4.69) is 15.2 Å². The molecule has 0 spiro atoms. The Hall–Kier alpha value is -2.66. The van der Waals surface area contributed by atoms with Crippen molar-refractivity contribution in [3.63, 3.8) is 0 Å². The molecule has 2 rings (SSSR count). The van der Waals surface area contributed by atoms with Crippen molar-refractivity contribution < 1.29 is 28.2 Å². The number of rotatable bonds is 15. The molecule has 0 aromatic heterocycles. The third-order valence-corrected chi connectivity index (χ3v) is 6.79. The number of carbonyl (C=O) groups excluding carboxylic acids is 2. The molecule has 0 bridgehead atoms. The van der Waals surface area contributed by atoms with Crippen molar-refractivity contribution in [3.05, 3.63) is 59.7 Å². The topological polar surface area (TPSA) is 167 Å². The molecule has 2 aromatic rings. The maximum atomic E-state index is 13.3. The van der Waals surface area contributed by atoms with Gasteiger partial charge >= 0.3 is 19.6 Å². The Morgan fingerprint density at radius 3 is 2.11 bits per heavy atom. The van der Waals surface area contributed by atoms with Crippen molar-refractivity contribution in [3.8, 4) is 5.75 Å². The fraction of sp³-hybridized carbons (Fsp3) is 0.348. The molecular weight excluding hydrogens is 544 g/mol. The number of nitrogens with one attached hydrogen (secondary N) is 2. The molecule has 1 unspecified atom stereocenters. The largest absolute Gasteiger partial charge is 0.466 e. The minimum atomic E-state index is -3.62.